The summed E-state index contributed by atoms with van der Waals surface area (Å²) >= 11 is 0. The van der Waals surface area contributed by atoms with E-state index < -0.39 is 0 Å². The lowest BCUT2D eigenvalue weighted by atomic mass is 10.2. The van der Waals surface area contributed by atoms with Gasteiger partial charge in [-0.2, -0.15) is 0 Å². The molecule has 5 nitrogen and oxygen atoms in total. The largest absolute Gasteiger partial charge is 0.373 e. The Morgan fingerprint density at radius 3 is 2.68 bits per heavy atom. The lowest BCUT2D eigenvalue weighted by Gasteiger charge is -2.20. The number of hydrogen-bond acceptors (Lipinski definition) is 5. The molecule has 0 aromatic carbocycles. The fourth-order valence-electron chi connectivity index (χ4n) is 2.08. The van der Waals surface area contributed by atoms with E-state index in [-0.39, 0.29) is 0 Å². The van der Waals surface area contributed by atoms with Crippen molar-refractivity contribution in [3.63, 3.8) is 0 Å². The normalized spacial score (nSPS) is 10.3. The van der Waals surface area contributed by atoms with Gasteiger partial charge in [0.1, 0.15) is 18.0 Å². The van der Waals surface area contributed by atoms with Gasteiger partial charge in [0.05, 0.1) is 12.2 Å². The van der Waals surface area contributed by atoms with Crippen LogP contribution in [0.15, 0.2) is 24.5 Å². The molecule has 0 fully saturated rings. The van der Waals surface area contributed by atoms with Crippen molar-refractivity contribution < 1.29 is 0 Å². The van der Waals surface area contributed by atoms with Crippen LogP contribution in [-0.2, 0) is 6.54 Å². The summed E-state index contributed by atoms with van der Waals surface area (Å²) in [7, 11) is 3.88. The highest BCUT2D eigenvalue weighted by Crippen LogP contribution is 2.21. The lowest BCUT2D eigenvalue weighted by Crippen LogP contribution is -2.20. The molecule has 0 aliphatic heterocycles. The van der Waals surface area contributed by atoms with Crippen LogP contribution in [-0.4, -0.2) is 29.0 Å². The Morgan fingerprint density at radius 2 is 2.00 bits per heavy atom. The summed E-state index contributed by atoms with van der Waals surface area (Å²) < 4.78 is 0. The first-order valence-corrected chi connectivity index (χ1v) is 6.25. The number of anilines is 2. The zero-order chi connectivity index (χ0) is 13.8. The molecule has 0 amide bonds. The molecule has 0 aliphatic rings. The summed E-state index contributed by atoms with van der Waals surface area (Å²) in [5.41, 5.74) is 3.10. The summed E-state index contributed by atoms with van der Waals surface area (Å²) in [6.45, 7) is 4.74. The van der Waals surface area contributed by atoms with Crippen molar-refractivity contribution >= 4 is 11.6 Å². The maximum absolute atomic E-state index is 4.51. The van der Waals surface area contributed by atoms with Crippen molar-refractivity contribution in [1.82, 2.24) is 15.0 Å². The molecular weight excluding hydrogens is 238 g/mol. The van der Waals surface area contributed by atoms with E-state index in [1.165, 1.54) is 0 Å². The van der Waals surface area contributed by atoms with Crippen LogP contribution < -0.4 is 10.2 Å². The molecular formula is C14H19N5. The van der Waals surface area contributed by atoms with Crippen molar-refractivity contribution in [2.24, 2.45) is 0 Å². The van der Waals surface area contributed by atoms with Gasteiger partial charge in [-0.05, 0) is 26.0 Å². The van der Waals surface area contributed by atoms with Gasteiger partial charge < -0.3 is 10.2 Å². The van der Waals surface area contributed by atoms with Crippen LogP contribution >= 0.6 is 0 Å². The number of rotatable bonds is 4. The minimum atomic E-state index is 0.725. The fraction of sp³-hybridized carbons (Fsp3) is 0.357. The average molecular weight is 257 g/mol. The van der Waals surface area contributed by atoms with Crippen molar-refractivity contribution in [3.8, 4) is 0 Å². The van der Waals surface area contributed by atoms with Gasteiger partial charge in [0, 0.05) is 25.4 Å². The Labute approximate surface area is 113 Å². The van der Waals surface area contributed by atoms with Crippen LogP contribution in [0, 0.1) is 13.8 Å². The average Bonchev–Trinajstić information content (AvgIpc) is 2.39. The Kier molecular flexibility index (Phi) is 3.94. The molecule has 0 radical (unpaired) electrons. The highest BCUT2D eigenvalue weighted by molar-refractivity contribution is 5.57. The van der Waals surface area contributed by atoms with Gasteiger partial charge in [0.2, 0.25) is 0 Å². The zero-order valence-corrected chi connectivity index (χ0v) is 11.8. The van der Waals surface area contributed by atoms with Crippen molar-refractivity contribution in [3.05, 3.63) is 41.5 Å². The molecule has 5 heteroatoms. The Morgan fingerprint density at radius 1 is 1.21 bits per heavy atom. The molecule has 2 aromatic rings. The van der Waals surface area contributed by atoms with Gasteiger partial charge in [-0.3, -0.25) is 4.98 Å². The molecule has 2 aromatic heterocycles. The topological polar surface area (TPSA) is 53.9 Å². The number of aromatic nitrogens is 3. The molecule has 100 valence electrons. The van der Waals surface area contributed by atoms with E-state index in [1.807, 2.05) is 46.1 Å². The van der Waals surface area contributed by atoms with Crippen LogP contribution in [0.1, 0.15) is 17.0 Å². The molecule has 0 saturated carbocycles. The number of aryl methyl sites for hydroxylation is 1. The molecule has 0 unspecified atom stereocenters. The van der Waals surface area contributed by atoms with Crippen molar-refractivity contribution in [2.75, 3.05) is 24.3 Å². The first-order chi connectivity index (χ1) is 9.11. The summed E-state index contributed by atoms with van der Waals surface area (Å²) in [6.07, 6.45) is 1.58. The molecule has 0 aliphatic carbocycles. The second-order valence-corrected chi connectivity index (χ2v) is 4.55. The van der Waals surface area contributed by atoms with E-state index in [2.05, 4.69) is 25.2 Å². The summed E-state index contributed by atoms with van der Waals surface area (Å²) in [6, 6.07) is 6.05. The quantitative estimate of drug-likeness (QED) is 0.909. The van der Waals surface area contributed by atoms with E-state index in [0.717, 1.165) is 35.1 Å². The van der Waals surface area contributed by atoms with Crippen LogP contribution in [0.4, 0.5) is 11.6 Å². The Balaban J connectivity index is 2.23. The summed E-state index contributed by atoms with van der Waals surface area (Å²) in [5, 5.41) is 3.07. The van der Waals surface area contributed by atoms with Gasteiger partial charge in [0.15, 0.2) is 0 Å². The van der Waals surface area contributed by atoms with Gasteiger partial charge in [0.25, 0.3) is 0 Å². The van der Waals surface area contributed by atoms with Gasteiger partial charge in [-0.25, -0.2) is 9.97 Å². The maximum Gasteiger partial charge on any atom is 0.137 e. The number of hydrogen-bond donors (Lipinski definition) is 1. The van der Waals surface area contributed by atoms with E-state index in [0.29, 0.717) is 0 Å². The predicted molar refractivity (Wildman–Crippen MR) is 77.4 cm³/mol. The predicted octanol–water partition coefficient (Wildman–Crippen LogP) is 2.17. The third-order valence-electron chi connectivity index (χ3n) is 3.00. The van der Waals surface area contributed by atoms with E-state index in [4.69, 9.17) is 0 Å². The Hall–Kier alpha value is -2.17. The molecule has 2 rings (SSSR count). The summed E-state index contributed by atoms with van der Waals surface area (Å²) in [4.78, 5) is 15.1. The third kappa shape index (κ3) is 2.99. The van der Waals surface area contributed by atoms with Gasteiger partial charge in [-0.15, -0.1) is 0 Å². The molecule has 0 saturated heterocycles. The molecule has 19 heavy (non-hydrogen) atoms. The van der Waals surface area contributed by atoms with Gasteiger partial charge in [-0.1, -0.05) is 6.07 Å². The van der Waals surface area contributed by atoms with E-state index >= 15 is 0 Å². The number of nitrogens with one attached hydrogen (secondary N) is 1. The van der Waals surface area contributed by atoms with Crippen molar-refractivity contribution in [2.45, 2.75) is 20.4 Å². The monoisotopic (exact) mass is 257 g/mol. The first-order valence-electron chi connectivity index (χ1n) is 6.25. The minimum Gasteiger partial charge on any atom is -0.373 e. The molecule has 2 heterocycles. The second kappa shape index (κ2) is 5.65. The van der Waals surface area contributed by atoms with Crippen LogP contribution in [0.25, 0.3) is 0 Å². The zero-order valence-electron chi connectivity index (χ0n) is 11.8. The number of nitrogens with zero attached hydrogens (tertiary/aromatic N) is 4. The first kappa shape index (κ1) is 13.3. The highest BCUT2D eigenvalue weighted by atomic mass is 15.2. The van der Waals surface area contributed by atoms with Crippen LogP contribution in [0.2, 0.25) is 0 Å². The standard InChI is InChI=1S/C14H19N5/c1-10-6-5-7-12(18-10)8-19(4)14-11(2)13(15-3)16-9-17-14/h5-7,9H,8H2,1-4H3,(H,15,16,17). The highest BCUT2D eigenvalue weighted by Gasteiger charge is 2.11. The van der Waals surface area contributed by atoms with Crippen LogP contribution in [0.5, 0.6) is 0 Å². The molecule has 0 atom stereocenters. The third-order valence-corrected chi connectivity index (χ3v) is 3.00. The smallest absolute Gasteiger partial charge is 0.137 e. The van der Waals surface area contributed by atoms with E-state index in [1.54, 1.807) is 6.33 Å². The minimum absolute atomic E-state index is 0.725. The van der Waals surface area contributed by atoms with E-state index in [9.17, 15) is 0 Å². The van der Waals surface area contributed by atoms with Gasteiger partial charge >= 0.3 is 0 Å². The van der Waals surface area contributed by atoms with Crippen LogP contribution in [0.3, 0.4) is 0 Å². The molecule has 0 bridgehead atoms. The number of pyridine rings is 1. The van der Waals surface area contributed by atoms with Crippen molar-refractivity contribution in [1.29, 1.82) is 0 Å². The molecule has 0 spiro atoms. The maximum atomic E-state index is 4.51. The second-order valence-electron chi connectivity index (χ2n) is 4.55. The fourth-order valence-corrected chi connectivity index (χ4v) is 2.08. The summed E-state index contributed by atoms with van der Waals surface area (Å²) in [5.74, 6) is 1.77. The lowest BCUT2D eigenvalue weighted by molar-refractivity contribution is 0.849. The Bertz CT molecular complexity index is 568. The SMILES string of the molecule is CNc1ncnc(N(C)Cc2cccc(C)n2)c1C. The molecule has 1 N–H and O–H groups in total.